The smallest absolute Gasteiger partial charge is 0.213 e. The molecule has 94 valence electrons. The SMILES string of the molecule is Cc1ncsc1CCOc1ccc(C(N)=S)cn1. The first-order valence-corrected chi connectivity index (χ1v) is 6.73. The summed E-state index contributed by atoms with van der Waals surface area (Å²) in [5.41, 5.74) is 9.15. The summed E-state index contributed by atoms with van der Waals surface area (Å²) in [4.78, 5) is 9.92. The lowest BCUT2D eigenvalue weighted by atomic mass is 10.3. The molecular weight excluding hydrogens is 266 g/mol. The van der Waals surface area contributed by atoms with Crippen molar-refractivity contribution >= 4 is 28.5 Å². The van der Waals surface area contributed by atoms with Crippen molar-refractivity contribution in [2.45, 2.75) is 13.3 Å². The predicted molar refractivity (Wildman–Crippen MR) is 76.2 cm³/mol. The van der Waals surface area contributed by atoms with Gasteiger partial charge in [0.05, 0.1) is 17.8 Å². The lowest BCUT2D eigenvalue weighted by Crippen LogP contribution is -2.10. The Morgan fingerprint density at radius 3 is 2.83 bits per heavy atom. The van der Waals surface area contributed by atoms with E-state index in [1.165, 1.54) is 4.88 Å². The Kier molecular flexibility index (Phi) is 4.22. The van der Waals surface area contributed by atoms with Gasteiger partial charge in [-0.15, -0.1) is 11.3 Å². The molecule has 0 aliphatic rings. The van der Waals surface area contributed by atoms with Crippen LogP contribution in [0, 0.1) is 6.92 Å². The fourth-order valence-electron chi connectivity index (χ4n) is 1.43. The monoisotopic (exact) mass is 279 g/mol. The summed E-state index contributed by atoms with van der Waals surface area (Å²) in [6.45, 7) is 2.59. The molecular formula is C12H13N3OS2. The third-order valence-corrected chi connectivity index (χ3v) is 3.68. The molecule has 0 spiro atoms. The number of nitrogens with zero attached hydrogens (tertiary/aromatic N) is 2. The van der Waals surface area contributed by atoms with Crippen molar-refractivity contribution in [3.05, 3.63) is 40.0 Å². The average molecular weight is 279 g/mol. The molecule has 2 aromatic heterocycles. The fourth-order valence-corrected chi connectivity index (χ4v) is 2.31. The van der Waals surface area contributed by atoms with E-state index in [1.807, 2.05) is 18.5 Å². The van der Waals surface area contributed by atoms with E-state index in [1.54, 1.807) is 23.6 Å². The Morgan fingerprint density at radius 2 is 2.28 bits per heavy atom. The van der Waals surface area contributed by atoms with Crippen molar-refractivity contribution in [1.82, 2.24) is 9.97 Å². The molecule has 2 heterocycles. The van der Waals surface area contributed by atoms with E-state index in [9.17, 15) is 0 Å². The molecule has 0 unspecified atom stereocenters. The summed E-state index contributed by atoms with van der Waals surface area (Å²) in [5.74, 6) is 0.581. The number of rotatable bonds is 5. The topological polar surface area (TPSA) is 61.0 Å². The molecule has 0 radical (unpaired) electrons. The van der Waals surface area contributed by atoms with E-state index >= 15 is 0 Å². The molecule has 0 aliphatic heterocycles. The van der Waals surface area contributed by atoms with E-state index in [2.05, 4.69) is 9.97 Å². The minimum Gasteiger partial charge on any atom is -0.477 e. The average Bonchev–Trinajstić information content (AvgIpc) is 2.76. The van der Waals surface area contributed by atoms with Crippen LogP contribution in [0.5, 0.6) is 5.88 Å². The van der Waals surface area contributed by atoms with E-state index < -0.39 is 0 Å². The first kappa shape index (κ1) is 12.9. The number of thiazole rings is 1. The van der Waals surface area contributed by atoms with Crippen LogP contribution in [-0.4, -0.2) is 21.6 Å². The molecule has 0 amide bonds. The number of thiocarbonyl (C=S) groups is 1. The molecule has 2 aromatic rings. The van der Waals surface area contributed by atoms with Gasteiger partial charge in [-0.1, -0.05) is 12.2 Å². The number of hydrogen-bond donors (Lipinski definition) is 1. The van der Waals surface area contributed by atoms with Crippen LogP contribution in [-0.2, 0) is 6.42 Å². The van der Waals surface area contributed by atoms with Crippen molar-refractivity contribution in [2.24, 2.45) is 5.73 Å². The molecule has 6 heteroatoms. The van der Waals surface area contributed by atoms with E-state index in [0.717, 1.165) is 17.7 Å². The van der Waals surface area contributed by atoms with Crippen molar-refractivity contribution in [3.8, 4) is 5.88 Å². The lowest BCUT2D eigenvalue weighted by Gasteiger charge is -2.05. The Labute approximate surface area is 115 Å². The van der Waals surface area contributed by atoms with Crippen LogP contribution in [0.1, 0.15) is 16.1 Å². The maximum atomic E-state index is 5.55. The number of aryl methyl sites for hydroxylation is 1. The summed E-state index contributed by atoms with van der Waals surface area (Å²) < 4.78 is 5.55. The zero-order chi connectivity index (χ0) is 13.0. The Hall–Kier alpha value is -1.53. The highest BCUT2D eigenvalue weighted by molar-refractivity contribution is 7.80. The van der Waals surface area contributed by atoms with Crippen LogP contribution >= 0.6 is 23.6 Å². The van der Waals surface area contributed by atoms with Gasteiger partial charge in [0.15, 0.2) is 0 Å². The number of nitrogens with two attached hydrogens (primary N) is 1. The van der Waals surface area contributed by atoms with E-state index in [0.29, 0.717) is 17.5 Å². The number of aromatic nitrogens is 2. The second-order valence-electron chi connectivity index (χ2n) is 3.71. The maximum Gasteiger partial charge on any atom is 0.213 e. The molecule has 18 heavy (non-hydrogen) atoms. The summed E-state index contributed by atoms with van der Waals surface area (Å²) in [6.07, 6.45) is 2.46. The summed E-state index contributed by atoms with van der Waals surface area (Å²) >= 11 is 6.50. The van der Waals surface area contributed by atoms with Crippen molar-refractivity contribution < 1.29 is 4.74 Å². The van der Waals surface area contributed by atoms with Crippen LogP contribution < -0.4 is 10.5 Å². The van der Waals surface area contributed by atoms with Gasteiger partial charge in [0.1, 0.15) is 4.99 Å². The fraction of sp³-hybridized carbons (Fsp3) is 0.250. The molecule has 0 saturated heterocycles. The van der Waals surface area contributed by atoms with Gasteiger partial charge >= 0.3 is 0 Å². The Balaban J connectivity index is 1.87. The first-order valence-electron chi connectivity index (χ1n) is 5.44. The highest BCUT2D eigenvalue weighted by atomic mass is 32.1. The van der Waals surface area contributed by atoms with Gasteiger partial charge in [0.2, 0.25) is 5.88 Å². The minimum absolute atomic E-state index is 0.342. The van der Waals surface area contributed by atoms with E-state index in [4.69, 9.17) is 22.7 Å². The minimum atomic E-state index is 0.342. The second kappa shape index (κ2) is 5.88. The van der Waals surface area contributed by atoms with Crippen molar-refractivity contribution in [2.75, 3.05) is 6.61 Å². The summed E-state index contributed by atoms with van der Waals surface area (Å²) in [7, 11) is 0. The van der Waals surface area contributed by atoms with Gasteiger partial charge in [-0.05, 0) is 13.0 Å². The molecule has 0 aliphatic carbocycles. The lowest BCUT2D eigenvalue weighted by molar-refractivity contribution is 0.310. The number of pyridine rings is 1. The van der Waals surface area contributed by atoms with Crippen molar-refractivity contribution in [1.29, 1.82) is 0 Å². The molecule has 2 N–H and O–H groups in total. The maximum absolute atomic E-state index is 5.55. The highest BCUT2D eigenvalue weighted by Gasteiger charge is 2.03. The van der Waals surface area contributed by atoms with Crippen LogP contribution in [0.2, 0.25) is 0 Å². The molecule has 0 aromatic carbocycles. The van der Waals surface area contributed by atoms with Gasteiger partial charge in [-0.3, -0.25) is 0 Å². The van der Waals surface area contributed by atoms with Gasteiger partial charge in [-0.2, -0.15) is 0 Å². The number of ether oxygens (including phenoxy) is 1. The summed E-state index contributed by atoms with van der Waals surface area (Å²) in [5, 5.41) is 0. The molecule has 2 rings (SSSR count). The zero-order valence-corrected chi connectivity index (χ0v) is 11.6. The molecule has 0 bridgehead atoms. The van der Waals surface area contributed by atoms with Gasteiger partial charge in [-0.25, -0.2) is 9.97 Å². The van der Waals surface area contributed by atoms with Crippen LogP contribution in [0.15, 0.2) is 23.8 Å². The van der Waals surface area contributed by atoms with Gasteiger partial charge < -0.3 is 10.5 Å². The predicted octanol–water partition coefficient (Wildman–Crippen LogP) is 2.10. The van der Waals surface area contributed by atoms with Gasteiger partial charge in [0.25, 0.3) is 0 Å². The normalized spacial score (nSPS) is 10.3. The third-order valence-electron chi connectivity index (χ3n) is 2.44. The number of hydrogen-bond acceptors (Lipinski definition) is 5. The van der Waals surface area contributed by atoms with Crippen molar-refractivity contribution in [3.63, 3.8) is 0 Å². The van der Waals surface area contributed by atoms with Crippen LogP contribution in [0.25, 0.3) is 0 Å². The molecule has 0 atom stereocenters. The molecule has 0 saturated carbocycles. The molecule has 0 fully saturated rings. The van der Waals surface area contributed by atoms with Crippen LogP contribution in [0.3, 0.4) is 0 Å². The Morgan fingerprint density at radius 1 is 1.44 bits per heavy atom. The standard InChI is InChI=1S/C12H13N3OS2/c1-8-10(18-7-15-8)4-5-16-11-3-2-9(6-14-11)12(13)17/h2-3,6-7H,4-5H2,1H3,(H2,13,17). The van der Waals surface area contributed by atoms with Crippen LogP contribution in [0.4, 0.5) is 0 Å². The summed E-state index contributed by atoms with van der Waals surface area (Å²) in [6, 6.07) is 3.58. The molecule has 4 nitrogen and oxygen atoms in total. The van der Waals surface area contributed by atoms with E-state index in [-0.39, 0.29) is 0 Å². The third kappa shape index (κ3) is 3.24. The second-order valence-corrected chi connectivity index (χ2v) is 5.09. The Bertz CT molecular complexity index is 537. The van der Waals surface area contributed by atoms with Gasteiger partial charge in [0, 0.05) is 29.1 Å². The highest BCUT2D eigenvalue weighted by Crippen LogP contribution is 2.14. The zero-order valence-electron chi connectivity index (χ0n) is 9.92. The first-order chi connectivity index (χ1) is 8.66. The quantitative estimate of drug-likeness (QED) is 0.849. The largest absolute Gasteiger partial charge is 0.477 e.